The van der Waals surface area contributed by atoms with Crippen LogP contribution in [-0.4, -0.2) is 30.2 Å². The van der Waals surface area contributed by atoms with Crippen molar-refractivity contribution in [3.63, 3.8) is 0 Å². The minimum Gasteiger partial charge on any atom is -0.352 e. The summed E-state index contributed by atoms with van der Waals surface area (Å²) in [5, 5.41) is 5.93. The van der Waals surface area contributed by atoms with Gasteiger partial charge in [-0.15, -0.1) is 0 Å². The van der Waals surface area contributed by atoms with E-state index in [-0.39, 0.29) is 24.8 Å². The van der Waals surface area contributed by atoms with Crippen molar-refractivity contribution in [3.8, 4) is 0 Å². The number of nitrogens with one attached hydrogen (secondary N) is 2. The molecule has 0 saturated carbocycles. The smallest absolute Gasteiger partial charge is 0.266 e. The van der Waals surface area contributed by atoms with Crippen LogP contribution in [0.25, 0.3) is 0 Å². The van der Waals surface area contributed by atoms with Gasteiger partial charge in [0, 0.05) is 29.2 Å². The second-order valence-electron chi connectivity index (χ2n) is 7.10. The van der Waals surface area contributed by atoms with Crippen molar-refractivity contribution >= 4 is 46.6 Å². The molecule has 0 bridgehead atoms. The second-order valence-corrected chi connectivity index (χ2v) is 7.54. The summed E-state index contributed by atoms with van der Waals surface area (Å²) >= 11 is 5.81. The summed E-state index contributed by atoms with van der Waals surface area (Å²) in [6, 6.07) is 19.6. The van der Waals surface area contributed by atoms with Gasteiger partial charge in [-0.05, 0) is 54.6 Å². The minimum atomic E-state index is -0.404. The predicted molar refractivity (Wildman–Crippen MR) is 121 cm³/mol. The molecule has 0 saturated heterocycles. The molecule has 0 aromatic heterocycles. The molecule has 2 N–H and O–H groups in total. The molecule has 1 aliphatic heterocycles. The second kappa shape index (κ2) is 9.03. The molecule has 4 amide bonds. The van der Waals surface area contributed by atoms with Crippen molar-refractivity contribution in [2.75, 3.05) is 16.8 Å². The number of amides is 4. The van der Waals surface area contributed by atoms with Crippen molar-refractivity contribution in [1.82, 2.24) is 5.32 Å². The number of hydrogen-bond donors (Lipinski definition) is 2. The van der Waals surface area contributed by atoms with Gasteiger partial charge in [0.2, 0.25) is 5.91 Å². The van der Waals surface area contributed by atoms with Gasteiger partial charge in [0.25, 0.3) is 17.7 Å². The summed E-state index contributed by atoms with van der Waals surface area (Å²) in [7, 11) is 0. The van der Waals surface area contributed by atoms with Crippen LogP contribution in [0.15, 0.2) is 72.8 Å². The van der Waals surface area contributed by atoms with E-state index in [4.69, 9.17) is 11.6 Å². The molecule has 160 valence electrons. The number of halogens is 1. The fraction of sp³-hybridized carbons (Fsp3) is 0.0833. The van der Waals surface area contributed by atoms with E-state index in [0.29, 0.717) is 33.1 Å². The average Bonchev–Trinajstić information content (AvgIpc) is 3.04. The standard InChI is InChI=1S/C24H18ClN3O4/c25-16-10-8-15(9-11-16)22(30)26-13-12-21(29)27-17-4-3-5-18(14-17)28-23(31)19-6-1-2-7-20(19)24(28)32/h1-11,14H,12-13H2,(H,26,30)(H,27,29). The zero-order valence-electron chi connectivity index (χ0n) is 16.8. The fourth-order valence-electron chi connectivity index (χ4n) is 3.36. The molecular weight excluding hydrogens is 430 g/mol. The van der Waals surface area contributed by atoms with E-state index in [9.17, 15) is 19.2 Å². The fourth-order valence-corrected chi connectivity index (χ4v) is 3.49. The van der Waals surface area contributed by atoms with Gasteiger partial charge in [-0.1, -0.05) is 29.8 Å². The van der Waals surface area contributed by atoms with E-state index in [1.165, 1.54) is 0 Å². The number of nitrogens with zero attached hydrogens (tertiary/aromatic N) is 1. The van der Waals surface area contributed by atoms with Crippen LogP contribution in [0.1, 0.15) is 37.5 Å². The first-order chi connectivity index (χ1) is 15.4. The average molecular weight is 448 g/mol. The van der Waals surface area contributed by atoms with Crippen LogP contribution in [0.3, 0.4) is 0 Å². The van der Waals surface area contributed by atoms with E-state index in [0.717, 1.165) is 4.90 Å². The van der Waals surface area contributed by atoms with E-state index >= 15 is 0 Å². The Kier molecular flexibility index (Phi) is 6.00. The molecule has 0 unspecified atom stereocenters. The Hall–Kier alpha value is -3.97. The van der Waals surface area contributed by atoms with Crippen molar-refractivity contribution in [3.05, 3.63) is 94.5 Å². The third-order valence-electron chi connectivity index (χ3n) is 4.93. The van der Waals surface area contributed by atoms with Crippen molar-refractivity contribution < 1.29 is 19.2 Å². The van der Waals surface area contributed by atoms with Crippen LogP contribution >= 0.6 is 11.6 Å². The third kappa shape index (κ3) is 4.38. The van der Waals surface area contributed by atoms with Gasteiger partial charge < -0.3 is 10.6 Å². The summed E-state index contributed by atoms with van der Waals surface area (Å²) in [5.74, 6) is -1.43. The Bertz CT molecular complexity index is 1190. The number of imide groups is 1. The number of carbonyl (C=O) groups excluding carboxylic acids is 4. The molecule has 0 aliphatic carbocycles. The minimum absolute atomic E-state index is 0.0522. The zero-order chi connectivity index (χ0) is 22.7. The van der Waals surface area contributed by atoms with Gasteiger partial charge in [-0.25, -0.2) is 4.90 Å². The van der Waals surface area contributed by atoms with Crippen LogP contribution in [0, 0.1) is 0 Å². The lowest BCUT2D eigenvalue weighted by Crippen LogP contribution is -2.29. The number of fused-ring (bicyclic) bond motifs is 1. The van der Waals surface area contributed by atoms with E-state index in [1.807, 2.05) is 0 Å². The number of anilines is 2. The van der Waals surface area contributed by atoms with Gasteiger partial charge in [0.05, 0.1) is 16.8 Å². The van der Waals surface area contributed by atoms with Crippen LogP contribution in [0.2, 0.25) is 5.02 Å². The van der Waals surface area contributed by atoms with Gasteiger partial charge in [-0.3, -0.25) is 19.2 Å². The SMILES string of the molecule is O=C(CCNC(=O)c1ccc(Cl)cc1)Nc1cccc(N2C(=O)c3ccccc3C2=O)c1. The quantitative estimate of drug-likeness (QED) is 0.560. The highest BCUT2D eigenvalue weighted by atomic mass is 35.5. The van der Waals surface area contributed by atoms with E-state index in [1.54, 1.807) is 72.8 Å². The lowest BCUT2D eigenvalue weighted by Gasteiger charge is -2.15. The van der Waals surface area contributed by atoms with Crippen LogP contribution in [0.4, 0.5) is 11.4 Å². The first kappa shape index (κ1) is 21.3. The van der Waals surface area contributed by atoms with Gasteiger partial charge in [-0.2, -0.15) is 0 Å². The molecule has 1 aliphatic rings. The highest BCUT2D eigenvalue weighted by Crippen LogP contribution is 2.29. The first-order valence-corrected chi connectivity index (χ1v) is 10.2. The molecule has 0 atom stereocenters. The molecule has 0 spiro atoms. The maximum absolute atomic E-state index is 12.7. The molecular formula is C24H18ClN3O4. The number of benzene rings is 3. The third-order valence-corrected chi connectivity index (χ3v) is 5.18. The highest BCUT2D eigenvalue weighted by molar-refractivity contribution is 6.34. The van der Waals surface area contributed by atoms with E-state index < -0.39 is 11.8 Å². The largest absolute Gasteiger partial charge is 0.352 e. The molecule has 8 heteroatoms. The number of hydrogen-bond acceptors (Lipinski definition) is 4. The van der Waals surface area contributed by atoms with Crippen LogP contribution in [0.5, 0.6) is 0 Å². The molecule has 3 aromatic rings. The molecule has 7 nitrogen and oxygen atoms in total. The summed E-state index contributed by atoms with van der Waals surface area (Å²) in [6.45, 7) is 0.144. The molecule has 0 fully saturated rings. The Morgan fingerprint density at radius 2 is 1.50 bits per heavy atom. The number of rotatable bonds is 6. The van der Waals surface area contributed by atoms with E-state index in [2.05, 4.69) is 10.6 Å². The van der Waals surface area contributed by atoms with Gasteiger partial charge in [0.15, 0.2) is 0 Å². The van der Waals surface area contributed by atoms with Crippen LogP contribution < -0.4 is 15.5 Å². The van der Waals surface area contributed by atoms with Crippen LogP contribution in [-0.2, 0) is 4.79 Å². The maximum atomic E-state index is 12.7. The summed E-state index contributed by atoms with van der Waals surface area (Å²) < 4.78 is 0. The van der Waals surface area contributed by atoms with Gasteiger partial charge >= 0.3 is 0 Å². The van der Waals surface area contributed by atoms with Crippen molar-refractivity contribution in [2.45, 2.75) is 6.42 Å². The number of carbonyl (C=O) groups is 4. The Labute approximate surface area is 189 Å². The summed E-state index contributed by atoms with van der Waals surface area (Å²) in [4.78, 5) is 50.8. The lowest BCUT2D eigenvalue weighted by molar-refractivity contribution is -0.116. The summed E-state index contributed by atoms with van der Waals surface area (Å²) in [6.07, 6.45) is 0.0522. The molecule has 32 heavy (non-hydrogen) atoms. The Morgan fingerprint density at radius 1 is 0.844 bits per heavy atom. The van der Waals surface area contributed by atoms with Crippen molar-refractivity contribution in [2.24, 2.45) is 0 Å². The molecule has 0 radical (unpaired) electrons. The Balaban J connectivity index is 1.35. The Morgan fingerprint density at radius 3 is 2.16 bits per heavy atom. The topological polar surface area (TPSA) is 95.6 Å². The zero-order valence-corrected chi connectivity index (χ0v) is 17.6. The molecule has 4 rings (SSSR count). The normalized spacial score (nSPS) is 12.5. The highest BCUT2D eigenvalue weighted by Gasteiger charge is 2.36. The van der Waals surface area contributed by atoms with Gasteiger partial charge in [0.1, 0.15) is 0 Å². The first-order valence-electron chi connectivity index (χ1n) is 9.85. The molecule has 3 aromatic carbocycles. The summed E-state index contributed by atoms with van der Waals surface area (Å²) in [5.41, 5.74) is 1.95. The van der Waals surface area contributed by atoms with Crippen molar-refractivity contribution in [1.29, 1.82) is 0 Å². The predicted octanol–water partition coefficient (Wildman–Crippen LogP) is 3.90. The maximum Gasteiger partial charge on any atom is 0.266 e. The lowest BCUT2D eigenvalue weighted by atomic mass is 10.1. The monoisotopic (exact) mass is 447 g/mol. The molecule has 1 heterocycles.